The molecule has 2 atom stereocenters. The lowest BCUT2D eigenvalue weighted by molar-refractivity contribution is 0.535. The highest BCUT2D eigenvalue weighted by atomic mass is 14.6. The second kappa shape index (κ2) is 4.61. The van der Waals surface area contributed by atoms with Gasteiger partial charge in [0.05, 0.1) is 0 Å². The van der Waals surface area contributed by atoms with E-state index in [1.54, 1.807) is 0 Å². The van der Waals surface area contributed by atoms with Gasteiger partial charge < -0.3 is 5.73 Å². The zero-order chi connectivity index (χ0) is 9.80. The molecule has 1 saturated carbocycles. The van der Waals surface area contributed by atoms with Crippen molar-refractivity contribution in [3.8, 4) is 0 Å². The van der Waals surface area contributed by atoms with Gasteiger partial charge in [0.25, 0.3) is 0 Å². The SMILES string of the molecule is NC1CCCCC(c2ccccc2)C1. The van der Waals surface area contributed by atoms with Crippen LogP contribution in [0.2, 0.25) is 0 Å². The van der Waals surface area contributed by atoms with Crippen LogP contribution in [0.15, 0.2) is 30.3 Å². The van der Waals surface area contributed by atoms with E-state index in [2.05, 4.69) is 30.3 Å². The van der Waals surface area contributed by atoms with Gasteiger partial charge in [-0.2, -0.15) is 0 Å². The van der Waals surface area contributed by atoms with E-state index >= 15 is 0 Å². The fraction of sp³-hybridized carbons (Fsp3) is 0.538. The van der Waals surface area contributed by atoms with Crippen molar-refractivity contribution in [2.75, 3.05) is 0 Å². The van der Waals surface area contributed by atoms with Gasteiger partial charge in [0, 0.05) is 6.04 Å². The van der Waals surface area contributed by atoms with Gasteiger partial charge in [-0.3, -0.25) is 0 Å². The lowest BCUT2D eigenvalue weighted by atomic mass is 9.91. The quantitative estimate of drug-likeness (QED) is 0.675. The van der Waals surface area contributed by atoms with E-state index in [-0.39, 0.29) is 0 Å². The molecular weight excluding hydrogens is 170 g/mol. The Balaban J connectivity index is 2.09. The van der Waals surface area contributed by atoms with Crippen molar-refractivity contribution in [2.45, 2.75) is 44.1 Å². The fourth-order valence-electron chi connectivity index (χ4n) is 2.43. The standard InChI is InChI=1S/C13H19N/c14-13-9-5-4-8-12(10-13)11-6-2-1-3-7-11/h1-3,6-7,12-13H,4-5,8-10,14H2. The monoisotopic (exact) mass is 189 g/mol. The highest BCUT2D eigenvalue weighted by Crippen LogP contribution is 2.30. The number of hydrogen-bond acceptors (Lipinski definition) is 1. The van der Waals surface area contributed by atoms with Gasteiger partial charge in [0.15, 0.2) is 0 Å². The topological polar surface area (TPSA) is 26.0 Å². The van der Waals surface area contributed by atoms with E-state index < -0.39 is 0 Å². The van der Waals surface area contributed by atoms with Crippen LogP contribution >= 0.6 is 0 Å². The van der Waals surface area contributed by atoms with Crippen LogP contribution in [-0.2, 0) is 0 Å². The highest BCUT2D eigenvalue weighted by molar-refractivity contribution is 5.19. The van der Waals surface area contributed by atoms with Gasteiger partial charge >= 0.3 is 0 Å². The summed E-state index contributed by atoms with van der Waals surface area (Å²) >= 11 is 0. The van der Waals surface area contributed by atoms with Crippen LogP contribution in [0.4, 0.5) is 0 Å². The molecule has 0 saturated heterocycles. The molecule has 76 valence electrons. The van der Waals surface area contributed by atoms with E-state index in [1.807, 2.05) is 0 Å². The first-order valence-electron chi connectivity index (χ1n) is 5.67. The first-order chi connectivity index (χ1) is 6.86. The summed E-state index contributed by atoms with van der Waals surface area (Å²) in [4.78, 5) is 0. The molecule has 1 aliphatic rings. The number of nitrogens with two attached hydrogens (primary N) is 1. The van der Waals surface area contributed by atoms with Crippen molar-refractivity contribution in [1.82, 2.24) is 0 Å². The molecule has 2 rings (SSSR count). The molecule has 0 bridgehead atoms. The van der Waals surface area contributed by atoms with Gasteiger partial charge in [0.1, 0.15) is 0 Å². The third kappa shape index (κ3) is 2.36. The van der Waals surface area contributed by atoms with E-state index in [1.165, 1.54) is 37.7 Å². The maximum absolute atomic E-state index is 6.06. The number of rotatable bonds is 1. The van der Waals surface area contributed by atoms with Crippen molar-refractivity contribution >= 4 is 0 Å². The van der Waals surface area contributed by atoms with Crippen molar-refractivity contribution in [3.63, 3.8) is 0 Å². The summed E-state index contributed by atoms with van der Waals surface area (Å²) in [5.74, 6) is 0.702. The first-order valence-corrected chi connectivity index (χ1v) is 5.67. The molecule has 0 amide bonds. The normalized spacial score (nSPS) is 28.4. The number of benzene rings is 1. The van der Waals surface area contributed by atoms with Crippen LogP contribution in [0.1, 0.15) is 43.6 Å². The van der Waals surface area contributed by atoms with Gasteiger partial charge in [-0.15, -0.1) is 0 Å². The van der Waals surface area contributed by atoms with Crippen LogP contribution in [0, 0.1) is 0 Å². The van der Waals surface area contributed by atoms with Gasteiger partial charge in [-0.05, 0) is 30.7 Å². The minimum atomic E-state index is 0.419. The molecule has 1 heteroatoms. The second-order valence-corrected chi connectivity index (χ2v) is 4.39. The van der Waals surface area contributed by atoms with Crippen LogP contribution in [0.25, 0.3) is 0 Å². The zero-order valence-corrected chi connectivity index (χ0v) is 8.65. The Hall–Kier alpha value is -0.820. The lowest BCUT2D eigenvalue weighted by Crippen LogP contribution is -2.20. The summed E-state index contributed by atoms with van der Waals surface area (Å²) in [7, 11) is 0. The maximum atomic E-state index is 6.06. The van der Waals surface area contributed by atoms with E-state index in [0.717, 1.165) is 0 Å². The Labute approximate surface area is 86.3 Å². The van der Waals surface area contributed by atoms with E-state index in [9.17, 15) is 0 Å². The molecule has 0 radical (unpaired) electrons. The Bertz CT molecular complexity index is 268. The predicted molar refractivity (Wildman–Crippen MR) is 60.2 cm³/mol. The second-order valence-electron chi connectivity index (χ2n) is 4.39. The minimum absolute atomic E-state index is 0.419. The average molecular weight is 189 g/mol. The molecule has 0 spiro atoms. The third-order valence-corrected chi connectivity index (χ3v) is 3.24. The summed E-state index contributed by atoms with van der Waals surface area (Å²) < 4.78 is 0. The molecule has 0 heterocycles. The molecule has 1 aliphatic carbocycles. The highest BCUT2D eigenvalue weighted by Gasteiger charge is 2.18. The first kappa shape index (κ1) is 9.72. The molecule has 14 heavy (non-hydrogen) atoms. The lowest BCUT2D eigenvalue weighted by Gasteiger charge is -2.17. The summed E-state index contributed by atoms with van der Waals surface area (Å²) in [6, 6.07) is 11.2. The molecule has 1 fully saturated rings. The summed E-state index contributed by atoms with van der Waals surface area (Å²) in [6.45, 7) is 0. The zero-order valence-electron chi connectivity index (χ0n) is 8.65. The summed E-state index contributed by atoms with van der Waals surface area (Å²) in [6.07, 6.45) is 6.35. The molecular formula is C13H19N. The Morgan fingerprint density at radius 2 is 1.71 bits per heavy atom. The van der Waals surface area contributed by atoms with Crippen molar-refractivity contribution in [3.05, 3.63) is 35.9 Å². The fourth-order valence-corrected chi connectivity index (χ4v) is 2.43. The van der Waals surface area contributed by atoms with E-state index in [0.29, 0.717) is 12.0 Å². The van der Waals surface area contributed by atoms with Gasteiger partial charge in [0.2, 0.25) is 0 Å². The average Bonchev–Trinajstić information content (AvgIpc) is 2.44. The van der Waals surface area contributed by atoms with Crippen LogP contribution in [0.3, 0.4) is 0 Å². The molecule has 0 aliphatic heterocycles. The number of hydrogen-bond donors (Lipinski definition) is 1. The smallest absolute Gasteiger partial charge is 0.00446 e. The van der Waals surface area contributed by atoms with Gasteiger partial charge in [-0.1, -0.05) is 43.2 Å². The van der Waals surface area contributed by atoms with Gasteiger partial charge in [-0.25, -0.2) is 0 Å². The van der Waals surface area contributed by atoms with Crippen LogP contribution in [0.5, 0.6) is 0 Å². The third-order valence-electron chi connectivity index (χ3n) is 3.24. The Kier molecular flexibility index (Phi) is 3.20. The molecule has 0 aromatic heterocycles. The predicted octanol–water partition coefficient (Wildman–Crippen LogP) is 3.06. The van der Waals surface area contributed by atoms with Crippen molar-refractivity contribution in [2.24, 2.45) is 5.73 Å². The molecule has 1 aromatic carbocycles. The van der Waals surface area contributed by atoms with Crippen molar-refractivity contribution < 1.29 is 0 Å². The largest absolute Gasteiger partial charge is 0.328 e. The maximum Gasteiger partial charge on any atom is 0.00446 e. The van der Waals surface area contributed by atoms with E-state index in [4.69, 9.17) is 5.73 Å². The molecule has 2 unspecified atom stereocenters. The summed E-state index contributed by atoms with van der Waals surface area (Å²) in [5, 5.41) is 0. The summed E-state index contributed by atoms with van der Waals surface area (Å²) in [5.41, 5.74) is 7.54. The minimum Gasteiger partial charge on any atom is -0.328 e. The van der Waals surface area contributed by atoms with Crippen molar-refractivity contribution in [1.29, 1.82) is 0 Å². The molecule has 1 nitrogen and oxygen atoms in total. The van der Waals surface area contributed by atoms with Crippen LogP contribution < -0.4 is 5.73 Å². The molecule has 2 N–H and O–H groups in total. The Morgan fingerprint density at radius 1 is 1.00 bits per heavy atom. The van der Waals surface area contributed by atoms with Crippen LogP contribution in [-0.4, -0.2) is 6.04 Å². The molecule has 1 aromatic rings. The Morgan fingerprint density at radius 3 is 2.50 bits per heavy atom.